The molecule has 1 unspecified atom stereocenters. The summed E-state index contributed by atoms with van der Waals surface area (Å²) in [7, 11) is 0. The molecule has 2 aliphatic rings. The minimum absolute atomic E-state index is 0.303. The second-order valence-electron chi connectivity index (χ2n) is 7.44. The molecule has 1 N–H and O–H groups in total. The summed E-state index contributed by atoms with van der Waals surface area (Å²) < 4.78 is 0. The van der Waals surface area contributed by atoms with Crippen LogP contribution in [0.2, 0.25) is 0 Å². The lowest BCUT2D eigenvalue weighted by atomic mass is 9.73. The van der Waals surface area contributed by atoms with Crippen LogP contribution in [0.15, 0.2) is 0 Å². The summed E-state index contributed by atoms with van der Waals surface area (Å²) in [6, 6.07) is 0.713. The number of likely N-dealkylation sites (tertiary alicyclic amines) is 1. The van der Waals surface area contributed by atoms with Gasteiger partial charge in [-0.05, 0) is 70.8 Å². The fourth-order valence-corrected chi connectivity index (χ4v) is 4.02. The van der Waals surface area contributed by atoms with Gasteiger partial charge in [-0.3, -0.25) is 4.79 Å². The normalized spacial score (nSPS) is 33.0. The van der Waals surface area contributed by atoms with E-state index in [1.165, 1.54) is 38.6 Å². The second kappa shape index (κ2) is 6.46. The van der Waals surface area contributed by atoms with Crippen molar-refractivity contribution in [3.05, 3.63) is 0 Å². The smallest absolute Gasteiger partial charge is 0.309 e. The lowest BCUT2D eigenvalue weighted by Gasteiger charge is -2.44. The van der Waals surface area contributed by atoms with Crippen molar-refractivity contribution in [2.75, 3.05) is 13.1 Å². The third-order valence-corrected chi connectivity index (χ3v) is 5.93. The standard InChI is InChI=1S/C17H31NO2/c1-4-13-7-9-15(10-8-13)18-11-5-6-14(12-18)17(2,3)16(19)20/h13-15H,4-12H2,1-3H3,(H,19,20). The zero-order valence-electron chi connectivity index (χ0n) is 13.4. The Morgan fingerprint density at radius 1 is 1.20 bits per heavy atom. The van der Waals surface area contributed by atoms with Gasteiger partial charge in [0.25, 0.3) is 0 Å². The summed E-state index contributed by atoms with van der Waals surface area (Å²) in [5.74, 6) is 0.596. The van der Waals surface area contributed by atoms with Gasteiger partial charge in [0.05, 0.1) is 5.41 Å². The van der Waals surface area contributed by atoms with Gasteiger partial charge in [0.2, 0.25) is 0 Å². The van der Waals surface area contributed by atoms with Gasteiger partial charge in [-0.2, -0.15) is 0 Å². The van der Waals surface area contributed by atoms with Gasteiger partial charge in [-0.15, -0.1) is 0 Å². The molecule has 0 spiro atoms. The predicted molar refractivity (Wildman–Crippen MR) is 81.8 cm³/mol. The Kier molecular flexibility index (Phi) is 5.11. The molecular weight excluding hydrogens is 250 g/mol. The van der Waals surface area contributed by atoms with Crippen molar-refractivity contribution >= 4 is 5.97 Å². The van der Waals surface area contributed by atoms with Gasteiger partial charge in [0.15, 0.2) is 0 Å². The monoisotopic (exact) mass is 281 g/mol. The van der Waals surface area contributed by atoms with Crippen LogP contribution in [0, 0.1) is 17.3 Å². The van der Waals surface area contributed by atoms with Crippen LogP contribution >= 0.6 is 0 Å². The van der Waals surface area contributed by atoms with Crippen LogP contribution in [0.5, 0.6) is 0 Å². The van der Waals surface area contributed by atoms with Gasteiger partial charge >= 0.3 is 5.97 Å². The molecule has 1 aliphatic carbocycles. The van der Waals surface area contributed by atoms with Gasteiger partial charge in [0.1, 0.15) is 0 Å². The lowest BCUT2D eigenvalue weighted by Crippen LogP contribution is -2.49. The van der Waals surface area contributed by atoms with Gasteiger partial charge in [0, 0.05) is 12.6 Å². The number of hydrogen-bond acceptors (Lipinski definition) is 2. The van der Waals surface area contributed by atoms with Crippen LogP contribution in [0.3, 0.4) is 0 Å². The molecule has 2 rings (SSSR count). The maximum atomic E-state index is 11.5. The van der Waals surface area contributed by atoms with Crippen molar-refractivity contribution in [3.63, 3.8) is 0 Å². The van der Waals surface area contributed by atoms with Crippen LogP contribution in [0.4, 0.5) is 0 Å². The first kappa shape index (κ1) is 15.8. The predicted octanol–water partition coefficient (Wildman–Crippen LogP) is 3.78. The molecule has 1 aliphatic heterocycles. The van der Waals surface area contributed by atoms with Gasteiger partial charge < -0.3 is 10.0 Å². The number of rotatable bonds is 4. The largest absolute Gasteiger partial charge is 0.481 e. The summed E-state index contributed by atoms with van der Waals surface area (Å²) in [5.41, 5.74) is -0.584. The first-order chi connectivity index (χ1) is 9.45. The Morgan fingerprint density at radius 3 is 2.40 bits per heavy atom. The van der Waals surface area contributed by atoms with Crippen molar-refractivity contribution in [1.82, 2.24) is 4.90 Å². The number of aliphatic carboxylic acids is 1. The highest BCUT2D eigenvalue weighted by Gasteiger charge is 2.40. The summed E-state index contributed by atoms with van der Waals surface area (Å²) in [6.45, 7) is 8.26. The Hall–Kier alpha value is -0.570. The van der Waals surface area contributed by atoms with E-state index in [0.717, 1.165) is 25.3 Å². The van der Waals surface area contributed by atoms with Crippen LogP contribution < -0.4 is 0 Å². The number of carbonyl (C=O) groups is 1. The Morgan fingerprint density at radius 2 is 1.85 bits per heavy atom. The third-order valence-electron chi connectivity index (χ3n) is 5.93. The number of hydrogen-bond donors (Lipinski definition) is 1. The fourth-order valence-electron chi connectivity index (χ4n) is 4.02. The molecule has 0 amide bonds. The molecule has 0 aromatic carbocycles. The van der Waals surface area contributed by atoms with Crippen LogP contribution in [0.1, 0.15) is 65.7 Å². The van der Waals surface area contributed by atoms with E-state index >= 15 is 0 Å². The van der Waals surface area contributed by atoms with E-state index in [1.807, 2.05) is 13.8 Å². The molecule has 1 saturated heterocycles. The molecule has 1 atom stereocenters. The molecule has 116 valence electrons. The summed E-state index contributed by atoms with van der Waals surface area (Å²) in [6.07, 6.45) is 8.92. The molecule has 2 fully saturated rings. The Bertz CT molecular complexity index is 332. The molecule has 0 aromatic heterocycles. The van der Waals surface area contributed by atoms with Gasteiger partial charge in [-0.1, -0.05) is 13.3 Å². The summed E-state index contributed by atoms with van der Waals surface area (Å²) >= 11 is 0. The first-order valence-corrected chi connectivity index (χ1v) is 8.42. The molecule has 0 radical (unpaired) electrons. The minimum atomic E-state index is -0.640. The maximum Gasteiger partial charge on any atom is 0.309 e. The average molecular weight is 281 g/mol. The molecule has 0 bridgehead atoms. The summed E-state index contributed by atoms with van der Waals surface area (Å²) in [5, 5.41) is 9.44. The van der Waals surface area contributed by atoms with Gasteiger partial charge in [-0.25, -0.2) is 0 Å². The fraction of sp³-hybridized carbons (Fsp3) is 0.941. The van der Waals surface area contributed by atoms with E-state index < -0.39 is 11.4 Å². The van der Waals surface area contributed by atoms with E-state index in [2.05, 4.69) is 11.8 Å². The second-order valence-corrected chi connectivity index (χ2v) is 7.44. The van der Waals surface area contributed by atoms with E-state index in [9.17, 15) is 9.90 Å². The van der Waals surface area contributed by atoms with E-state index in [-0.39, 0.29) is 0 Å². The molecule has 3 heteroatoms. The zero-order valence-corrected chi connectivity index (χ0v) is 13.4. The number of nitrogens with zero attached hydrogens (tertiary/aromatic N) is 1. The highest BCUT2D eigenvalue weighted by atomic mass is 16.4. The lowest BCUT2D eigenvalue weighted by molar-refractivity contribution is -0.151. The third kappa shape index (κ3) is 3.36. The molecule has 1 saturated carbocycles. The van der Waals surface area contributed by atoms with Crippen molar-refractivity contribution in [2.45, 2.75) is 71.8 Å². The van der Waals surface area contributed by atoms with Crippen molar-refractivity contribution < 1.29 is 9.90 Å². The molecule has 20 heavy (non-hydrogen) atoms. The highest BCUT2D eigenvalue weighted by molar-refractivity contribution is 5.74. The Labute approximate surface area is 123 Å². The van der Waals surface area contributed by atoms with Crippen molar-refractivity contribution in [1.29, 1.82) is 0 Å². The van der Waals surface area contributed by atoms with Crippen molar-refractivity contribution in [2.24, 2.45) is 17.3 Å². The minimum Gasteiger partial charge on any atom is -0.481 e. The van der Waals surface area contributed by atoms with E-state index in [1.54, 1.807) is 0 Å². The summed E-state index contributed by atoms with van der Waals surface area (Å²) in [4.78, 5) is 14.1. The van der Waals surface area contributed by atoms with Crippen LogP contribution in [-0.2, 0) is 4.79 Å². The first-order valence-electron chi connectivity index (χ1n) is 8.42. The van der Waals surface area contributed by atoms with E-state index in [0.29, 0.717) is 12.0 Å². The quantitative estimate of drug-likeness (QED) is 0.852. The number of carboxylic acid groups (broad SMARTS) is 1. The molecular formula is C17H31NO2. The molecule has 1 heterocycles. The number of piperidine rings is 1. The SMILES string of the molecule is CCC1CCC(N2CCCC(C(C)(C)C(=O)O)C2)CC1. The van der Waals surface area contributed by atoms with E-state index in [4.69, 9.17) is 0 Å². The Balaban J connectivity index is 1.92. The van der Waals surface area contributed by atoms with Crippen LogP contribution in [-0.4, -0.2) is 35.1 Å². The average Bonchev–Trinajstić information content (AvgIpc) is 2.47. The zero-order chi connectivity index (χ0) is 14.8. The van der Waals surface area contributed by atoms with Crippen LogP contribution in [0.25, 0.3) is 0 Å². The van der Waals surface area contributed by atoms with Crippen molar-refractivity contribution in [3.8, 4) is 0 Å². The maximum absolute atomic E-state index is 11.5. The topological polar surface area (TPSA) is 40.5 Å². The molecule has 3 nitrogen and oxygen atoms in total. The number of carboxylic acids is 1. The highest BCUT2D eigenvalue weighted by Crippen LogP contribution is 2.37. The molecule has 0 aromatic rings.